The van der Waals surface area contributed by atoms with Gasteiger partial charge in [-0.15, -0.1) is 0 Å². The van der Waals surface area contributed by atoms with Crippen molar-refractivity contribution in [2.45, 2.75) is 13.0 Å². The van der Waals surface area contributed by atoms with Crippen molar-refractivity contribution in [2.24, 2.45) is 0 Å². The summed E-state index contributed by atoms with van der Waals surface area (Å²) in [5.41, 5.74) is 1.94. The number of fused-ring (bicyclic) bond motifs is 1. The van der Waals surface area contributed by atoms with Crippen LogP contribution < -0.4 is 14.2 Å². The second kappa shape index (κ2) is 10.2. The van der Waals surface area contributed by atoms with Gasteiger partial charge in [-0.05, 0) is 29.3 Å². The van der Waals surface area contributed by atoms with E-state index >= 15 is 0 Å². The largest absolute Gasteiger partial charge is 0.454 e. The van der Waals surface area contributed by atoms with Crippen molar-refractivity contribution in [1.82, 2.24) is 14.5 Å². The van der Waals surface area contributed by atoms with Crippen molar-refractivity contribution in [3.8, 4) is 11.5 Å². The number of nitrogens with one attached hydrogen (secondary N) is 1. The molecule has 2 aliphatic heterocycles. The van der Waals surface area contributed by atoms with E-state index in [1.54, 1.807) is 4.90 Å². The molecule has 0 radical (unpaired) electrons. The SMILES string of the molecule is O=C(CCNS(=O)(=O)/C=C/c1ccccc1)N1CCN(Cc2ccc3c(c2)OCO3)CC1. The van der Waals surface area contributed by atoms with Gasteiger partial charge < -0.3 is 14.4 Å². The predicted octanol–water partition coefficient (Wildman–Crippen LogP) is 2.04. The number of rotatable bonds is 8. The van der Waals surface area contributed by atoms with E-state index in [0.717, 1.165) is 47.7 Å². The number of piperazine rings is 1. The molecule has 0 spiro atoms. The van der Waals surface area contributed by atoms with Crippen LogP contribution >= 0.6 is 0 Å². The van der Waals surface area contributed by atoms with Gasteiger partial charge in [0, 0.05) is 51.1 Å². The molecule has 4 rings (SSSR count). The zero-order valence-corrected chi connectivity index (χ0v) is 18.6. The Labute approximate surface area is 188 Å². The Bertz CT molecular complexity index is 1060. The van der Waals surface area contributed by atoms with Crippen LogP contribution in [0.4, 0.5) is 0 Å². The standard InChI is InChI=1S/C23H27N3O5S/c27-23(8-10-24-32(28,29)15-9-19-4-2-1-3-5-19)26-13-11-25(12-14-26)17-20-6-7-21-22(16-20)31-18-30-21/h1-7,9,15-16,24H,8,10-14,17-18H2/b15-9+. The minimum Gasteiger partial charge on any atom is -0.454 e. The van der Waals surface area contributed by atoms with E-state index in [1.165, 1.54) is 6.08 Å². The van der Waals surface area contributed by atoms with Crippen molar-refractivity contribution >= 4 is 22.0 Å². The number of carbonyl (C=O) groups is 1. The molecular weight excluding hydrogens is 430 g/mol. The Kier molecular flexibility index (Phi) is 7.09. The second-order valence-corrected chi connectivity index (χ2v) is 9.40. The summed E-state index contributed by atoms with van der Waals surface area (Å²) in [6.07, 6.45) is 1.67. The van der Waals surface area contributed by atoms with Gasteiger partial charge >= 0.3 is 0 Å². The molecule has 2 aromatic carbocycles. The lowest BCUT2D eigenvalue weighted by Crippen LogP contribution is -2.48. The highest BCUT2D eigenvalue weighted by atomic mass is 32.2. The molecular formula is C23H27N3O5S. The summed E-state index contributed by atoms with van der Waals surface area (Å²) in [5.74, 6) is 1.51. The minimum atomic E-state index is -3.58. The fourth-order valence-electron chi connectivity index (χ4n) is 3.69. The van der Waals surface area contributed by atoms with E-state index in [-0.39, 0.29) is 25.7 Å². The van der Waals surface area contributed by atoms with Crippen LogP contribution in [0, 0.1) is 0 Å². The average Bonchev–Trinajstić information content (AvgIpc) is 3.27. The van der Waals surface area contributed by atoms with Crippen LogP contribution in [-0.4, -0.2) is 63.6 Å². The van der Waals surface area contributed by atoms with Crippen LogP contribution in [0.2, 0.25) is 0 Å². The van der Waals surface area contributed by atoms with E-state index in [1.807, 2.05) is 48.5 Å². The van der Waals surface area contributed by atoms with Crippen LogP contribution in [-0.2, 0) is 21.4 Å². The Morgan fingerprint density at radius 1 is 1.00 bits per heavy atom. The van der Waals surface area contributed by atoms with E-state index in [2.05, 4.69) is 9.62 Å². The highest BCUT2D eigenvalue weighted by Crippen LogP contribution is 2.32. The molecule has 1 fully saturated rings. The van der Waals surface area contributed by atoms with Crippen molar-refractivity contribution in [3.05, 3.63) is 65.1 Å². The Balaban J connectivity index is 1.18. The quantitative estimate of drug-likeness (QED) is 0.653. The van der Waals surface area contributed by atoms with Crippen molar-refractivity contribution in [1.29, 1.82) is 0 Å². The first-order valence-corrected chi connectivity index (χ1v) is 12.1. The first kappa shape index (κ1) is 22.3. The maximum atomic E-state index is 12.5. The predicted molar refractivity (Wildman–Crippen MR) is 121 cm³/mol. The molecule has 2 aromatic rings. The summed E-state index contributed by atoms with van der Waals surface area (Å²) in [4.78, 5) is 16.6. The fraction of sp³-hybridized carbons (Fsp3) is 0.348. The van der Waals surface area contributed by atoms with E-state index < -0.39 is 10.0 Å². The lowest BCUT2D eigenvalue weighted by atomic mass is 10.1. The molecule has 2 heterocycles. The Morgan fingerprint density at radius 3 is 2.53 bits per heavy atom. The summed E-state index contributed by atoms with van der Waals surface area (Å²) >= 11 is 0. The summed E-state index contributed by atoms with van der Waals surface area (Å²) in [6, 6.07) is 15.1. The highest BCUT2D eigenvalue weighted by Gasteiger charge is 2.22. The van der Waals surface area contributed by atoms with Gasteiger partial charge in [0.25, 0.3) is 0 Å². The Morgan fingerprint density at radius 2 is 1.75 bits per heavy atom. The normalized spacial score (nSPS) is 16.6. The number of sulfonamides is 1. The van der Waals surface area contributed by atoms with Gasteiger partial charge in [-0.2, -0.15) is 0 Å². The number of ether oxygens (including phenoxy) is 2. The first-order valence-electron chi connectivity index (χ1n) is 10.6. The number of hydrogen-bond donors (Lipinski definition) is 1. The fourth-order valence-corrected chi connectivity index (χ4v) is 4.51. The lowest BCUT2D eigenvalue weighted by molar-refractivity contribution is -0.132. The maximum Gasteiger partial charge on any atom is 0.233 e. The zero-order chi connectivity index (χ0) is 22.4. The maximum absolute atomic E-state index is 12.5. The monoisotopic (exact) mass is 457 g/mol. The Hall–Kier alpha value is -2.88. The van der Waals surface area contributed by atoms with Gasteiger partial charge in [0.15, 0.2) is 11.5 Å². The minimum absolute atomic E-state index is 0.0394. The molecule has 0 atom stereocenters. The summed E-state index contributed by atoms with van der Waals surface area (Å²) in [5, 5.41) is 1.13. The van der Waals surface area contributed by atoms with E-state index in [0.29, 0.717) is 13.1 Å². The molecule has 170 valence electrons. The molecule has 0 unspecified atom stereocenters. The van der Waals surface area contributed by atoms with E-state index in [9.17, 15) is 13.2 Å². The van der Waals surface area contributed by atoms with Gasteiger partial charge in [0.1, 0.15) is 0 Å². The highest BCUT2D eigenvalue weighted by molar-refractivity contribution is 7.92. The number of benzene rings is 2. The van der Waals surface area contributed by atoms with E-state index in [4.69, 9.17) is 9.47 Å². The van der Waals surface area contributed by atoms with Gasteiger partial charge in [-0.25, -0.2) is 13.1 Å². The molecule has 0 aliphatic carbocycles. The first-order chi connectivity index (χ1) is 15.5. The number of amides is 1. The summed E-state index contributed by atoms with van der Waals surface area (Å²) in [6.45, 7) is 3.93. The molecule has 9 heteroatoms. The van der Waals surface area contributed by atoms with Crippen LogP contribution in [0.5, 0.6) is 11.5 Å². The van der Waals surface area contributed by atoms with Crippen LogP contribution in [0.3, 0.4) is 0 Å². The third-order valence-electron chi connectivity index (χ3n) is 5.45. The molecule has 2 aliphatic rings. The van der Waals surface area contributed by atoms with Crippen LogP contribution in [0.15, 0.2) is 53.9 Å². The third kappa shape index (κ3) is 6.09. The molecule has 0 aromatic heterocycles. The topological polar surface area (TPSA) is 88.2 Å². The molecule has 1 saturated heterocycles. The zero-order valence-electron chi connectivity index (χ0n) is 17.8. The van der Waals surface area contributed by atoms with Crippen LogP contribution in [0.1, 0.15) is 17.5 Å². The molecule has 1 N–H and O–H groups in total. The average molecular weight is 458 g/mol. The molecule has 0 saturated carbocycles. The van der Waals surface area contributed by atoms with Crippen molar-refractivity contribution < 1.29 is 22.7 Å². The molecule has 1 amide bonds. The second-order valence-electron chi connectivity index (χ2n) is 7.75. The number of nitrogens with zero attached hydrogens (tertiary/aromatic N) is 2. The van der Waals surface area contributed by atoms with Gasteiger partial charge in [-0.3, -0.25) is 9.69 Å². The number of hydrogen-bond acceptors (Lipinski definition) is 6. The van der Waals surface area contributed by atoms with Gasteiger partial charge in [0.05, 0.1) is 0 Å². The lowest BCUT2D eigenvalue weighted by Gasteiger charge is -2.34. The molecule has 8 nitrogen and oxygen atoms in total. The van der Waals surface area contributed by atoms with Crippen molar-refractivity contribution in [3.63, 3.8) is 0 Å². The van der Waals surface area contributed by atoms with Gasteiger partial charge in [-0.1, -0.05) is 36.4 Å². The van der Waals surface area contributed by atoms with Crippen molar-refractivity contribution in [2.75, 3.05) is 39.5 Å². The molecule has 0 bridgehead atoms. The van der Waals surface area contributed by atoms with Gasteiger partial charge in [0.2, 0.25) is 22.7 Å². The molecule has 32 heavy (non-hydrogen) atoms. The third-order valence-corrected chi connectivity index (χ3v) is 6.55. The summed E-state index contributed by atoms with van der Waals surface area (Å²) in [7, 11) is -3.58. The van der Waals surface area contributed by atoms with Crippen LogP contribution in [0.25, 0.3) is 6.08 Å². The summed E-state index contributed by atoms with van der Waals surface area (Å²) < 4.78 is 37.4. The smallest absolute Gasteiger partial charge is 0.233 e. The number of carbonyl (C=O) groups excluding carboxylic acids is 1.